The van der Waals surface area contributed by atoms with E-state index in [4.69, 9.17) is 20.3 Å². The molecule has 3 rings (SSSR count). The van der Waals surface area contributed by atoms with Crippen LogP contribution in [0.3, 0.4) is 0 Å². The van der Waals surface area contributed by atoms with Crippen LogP contribution < -0.4 is 11.3 Å². The van der Waals surface area contributed by atoms with E-state index >= 15 is 0 Å². The van der Waals surface area contributed by atoms with Gasteiger partial charge in [-0.2, -0.15) is 9.29 Å². The minimum atomic E-state index is -5.25. The number of ether oxygens (including phenoxy) is 1. The van der Waals surface area contributed by atoms with Gasteiger partial charge in [0.05, 0.1) is 18.1 Å². The summed E-state index contributed by atoms with van der Waals surface area (Å²) in [5.41, 5.74) is 5.29. The Morgan fingerprint density at radius 1 is 1.41 bits per heavy atom. The molecular weight excluding hydrogens is 410 g/mol. The fourth-order valence-electron chi connectivity index (χ4n) is 2.65. The summed E-state index contributed by atoms with van der Waals surface area (Å²) in [6, 6.07) is 1.48. The maximum absolute atomic E-state index is 11.8. The predicted octanol–water partition coefficient (Wildman–Crippen LogP) is -0.819. The summed E-state index contributed by atoms with van der Waals surface area (Å²) in [4.78, 5) is 44.6. The fraction of sp³-hybridized carbons (Fsp3) is 0.455. The van der Waals surface area contributed by atoms with E-state index in [0.717, 1.165) is 0 Å². The first-order valence-electron chi connectivity index (χ1n) is 7.39. The van der Waals surface area contributed by atoms with Crippen LogP contribution in [-0.2, 0) is 22.7 Å². The van der Waals surface area contributed by atoms with Gasteiger partial charge in [-0.05, 0) is 6.07 Å². The molecule has 27 heavy (non-hydrogen) atoms. The number of hydrogen-bond acceptors (Lipinski definition) is 9. The van der Waals surface area contributed by atoms with Gasteiger partial charge in [-0.25, -0.2) is 9.13 Å². The van der Waals surface area contributed by atoms with Crippen LogP contribution in [0, 0.1) is 0 Å². The smallest absolute Gasteiger partial charge is 0.390 e. The van der Waals surface area contributed by atoms with Crippen molar-refractivity contribution in [1.82, 2.24) is 14.5 Å². The van der Waals surface area contributed by atoms with Crippen molar-refractivity contribution in [2.45, 2.75) is 24.9 Å². The van der Waals surface area contributed by atoms with Gasteiger partial charge in [0, 0.05) is 12.6 Å². The van der Waals surface area contributed by atoms with Crippen molar-refractivity contribution in [1.29, 1.82) is 0 Å². The summed E-state index contributed by atoms with van der Waals surface area (Å²) in [6.45, 7) is -0.680. The Morgan fingerprint density at radius 2 is 2.11 bits per heavy atom. The number of phosphoric ester groups is 1. The molecule has 4 atom stereocenters. The van der Waals surface area contributed by atoms with Crippen LogP contribution in [-0.4, -0.2) is 53.1 Å². The summed E-state index contributed by atoms with van der Waals surface area (Å²) in [5, 5.41) is 10.3. The molecule has 1 fully saturated rings. The maximum atomic E-state index is 11.8. The second-order valence-electron chi connectivity index (χ2n) is 5.68. The first-order chi connectivity index (χ1) is 12.5. The highest BCUT2D eigenvalue weighted by atomic mass is 31.3. The zero-order chi connectivity index (χ0) is 20.0. The third-order valence-electron chi connectivity index (χ3n) is 3.73. The van der Waals surface area contributed by atoms with Crippen LogP contribution in [0.4, 0.5) is 5.95 Å². The second kappa shape index (κ2) is 7.09. The summed E-state index contributed by atoms with van der Waals surface area (Å²) in [6.07, 6.45) is -1.50. The largest absolute Gasteiger partial charge is 0.481 e. The standard InChI is InChI=1S/C11H16N4O10P2/c12-11-13-9-5(10(17)14-11)1-2-15(9)8-3-6(16)7(24-8)4-23-27(21,22)25-26(18,19)20/h1-2,6-8,16H,3-4H2,(H,21,22)(H2,18,19,20)(H3,12,13,14,17)/t6-,7+,8+/m0/s1. The Labute approximate surface area is 150 Å². The third kappa shape index (κ3) is 4.63. The van der Waals surface area contributed by atoms with Gasteiger partial charge in [0.15, 0.2) is 5.65 Å². The van der Waals surface area contributed by atoms with Crippen LogP contribution in [0.15, 0.2) is 17.1 Å². The molecule has 0 amide bonds. The molecule has 0 spiro atoms. The molecule has 16 heteroatoms. The number of nitrogens with one attached hydrogen (secondary N) is 1. The number of fused-ring (bicyclic) bond motifs is 1. The molecule has 2 aromatic rings. The van der Waals surface area contributed by atoms with Crippen molar-refractivity contribution >= 4 is 32.6 Å². The Bertz CT molecular complexity index is 999. The number of nitrogens with two attached hydrogens (primary N) is 1. The number of hydrogen-bond donors (Lipinski definition) is 6. The van der Waals surface area contributed by atoms with E-state index in [-0.39, 0.29) is 23.4 Å². The minimum absolute atomic E-state index is 0.0290. The summed E-state index contributed by atoms with van der Waals surface area (Å²) in [7, 11) is -10.3. The lowest BCUT2D eigenvalue weighted by Crippen LogP contribution is -2.26. The highest BCUT2D eigenvalue weighted by Crippen LogP contribution is 2.57. The summed E-state index contributed by atoms with van der Waals surface area (Å²) >= 11 is 0. The van der Waals surface area contributed by atoms with Gasteiger partial charge in [0.1, 0.15) is 12.3 Å². The van der Waals surface area contributed by atoms with Crippen molar-refractivity contribution in [2.75, 3.05) is 12.3 Å². The molecule has 7 N–H and O–H groups in total. The van der Waals surface area contributed by atoms with E-state index in [1.54, 1.807) is 0 Å². The Hall–Kier alpha value is -1.60. The third-order valence-corrected chi connectivity index (χ3v) is 5.88. The number of anilines is 1. The van der Waals surface area contributed by atoms with Gasteiger partial charge in [0.2, 0.25) is 5.95 Å². The molecule has 150 valence electrons. The number of aliphatic hydroxyl groups excluding tert-OH is 1. The monoisotopic (exact) mass is 426 g/mol. The average molecular weight is 426 g/mol. The molecular formula is C11H16N4O10P2. The topological polar surface area (TPSA) is 219 Å². The van der Waals surface area contributed by atoms with Crippen LogP contribution in [0.1, 0.15) is 12.6 Å². The van der Waals surface area contributed by atoms with Gasteiger partial charge in [-0.1, -0.05) is 0 Å². The normalized spacial score (nSPS) is 25.7. The lowest BCUT2D eigenvalue weighted by atomic mass is 10.2. The Kier molecular flexibility index (Phi) is 5.29. The number of nitrogens with zero attached hydrogens (tertiary/aromatic N) is 2. The molecule has 0 bridgehead atoms. The van der Waals surface area contributed by atoms with Crippen molar-refractivity contribution in [3.63, 3.8) is 0 Å². The molecule has 0 saturated carbocycles. The molecule has 1 aliphatic rings. The number of phosphoric acid groups is 2. The molecule has 1 aliphatic heterocycles. The van der Waals surface area contributed by atoms with E-state index < -0.39 is 46.2 Å². The van der Waals surface area contributed by atoms with Gasteiger partial charge < -0.3 is 34.8 Å². The lowest BCUT2D eigenvalue weighted by molar-refractivity contribution is -0.0421. The molecule has 0 aromatic carbocycles. The SMILES string of the molecule is Nc1nc2c(ccn2[C@H]2C[C@H](O)[C@@H](COP(=O)(O)OP(=O)(O)O)O2)c(=O)[nH]1. The minimum Gasteiger partial charge on any atom is -0.390 e. The molecule has 0 aliphatic carbocycles. The predicted molar refractivity (Wildman–Crippen MR) is 88.2 cm³/mol. The molecule has 3 heterocycles. The number of H-pyrrole nitrogens is 1. The van der Waals surface area contributed by atoms with Gasteiger partial charge in [-0.15, -0.1) is 0 Å². The quantitative estimate of drug-likeness (QED) is 0.312. The van der Waals surface area contributed by atoms with Crippen LogP contribution in [0.5, 0.6) is 0 Å². The van der Waals surface area contributed by atoms with Crippen LogP contribution in [0.2, 0.25) is 0 Å². The first kappa shape index (κ1) is 20.1. The van der Waals surface area contributed by atoms with Crippen LogP contribution >= 0.6 is 15.6 Å². The van der Waals surface area contributed by atoms with Crippen molar-refractivity contribution < 1.29 is 42.5 Å². The van der Waals surface area contributed by atoms with Crippen molar-refractivity contribution in [3.05, 3.63) is 22.6 Å². The second-order valence-corrected chi connectivity index (χ2v) is 8.51. The number of rotatable bonds is 6. The highest BCUT2D eigenvalue weighted by Gasteiger charge is 2.39. The lowest BCUT2D eigenvalue weighted by Gasteiger charge is -2.18. The summed E-state index contributed by atoms with van der Waals surface area (Å²) < 4.78 is 37.2. The Morgan fingerprint density at radius 3 is 2.78 bits per heavy atom. The van der Waals surface area contributed by atoms with Crippen molar-refractivity contribution in [3.8, 4) is 0 Å². The highest BCUT2D eigenvalue weighted by molar-refractivity contribution is 7.60. The number of nitrogen functional groups attached to an aromatic ring is 1. The maximum Gasteiger partial charge on any atom is 0.481 e. The number of aliphatic hydroxyl groups is 1. The molecule has 1 saturated heterocycles. The zero-order valence-electron chi connectivity index (χ0n) is 13.4. The number of aromatic nitrogens is 3. The molecule has 1 unspecified atom stereocenters. The van der Waals surface area contributed by atoms with E-state index in [0.29, 0.717) is 0 Å². The first-order valence-corrected chi connectivity index (χ1v) is 10.4. The summed E-state index contributed by atoms with van der Waals surface area (Å²) in [5.74, 6) is -0.110. The molecule has 2 aromatic heterocycles. The van der Waals surface area contributed by atoms with Gasteiger partial charge in [0.25, 0.3) is 5.56 Å². The molecule has 14 nitrogen and oxygen atoms in total. The van der Waals surface area contributed by atoms with E-state index in [2.05, 4.69) is 18.8 Å². The van der Waals surface area contributed by atoms with E-state index in [9.17, 15) is 23.9 Å². The fourth-order valence-corrected chi connectivity index (χ4v) is 4.25. The van der Waals surface area contributed by atoms with Crippen molar-refractivity contribution in [2.24, 2.45) is 0 Å². The van der Waals surface area contributed by atoms with Gasteiger partial charge in [-0.3, -0.25) is 14.3 Å². The Balaban J connectivity index is 1.73. The average Bonchev–Trinajstić information content (AvgIpc) is 3.06. The van der Waals surface area contributed by atoms with E-state index in [1.807, 2.05) is 0 Å². The van der Waals surface area contributed by atoms with Gasteiger partial charge >= 0.3 is 15.6 Å². The molecule has 0 radical (unpaired) electrons. The van der Waals surface area contributed by atoms with E-state index in [1.165, 1.54) is 16.8 Å². The van der Waals surface area contributed by atoms with Crippen LogP contribution in [0.25, 0.3) is 11.0 Å². The number of aromatic amines is 1. The zero-order valence-corrected chi connectivity index (χ0v) is 15.2.